The van der Waals surface area contributed by atoms with Crippen LogP contribution in [0.4, 0.5) is 5.95 Å². The highest BCUT2D eigenvalue weighted by molar-refractivity contribution is 7.18. The molecule has 2 heterocycles. The van der Waals surface area contributed by atoms with Crippen molar-refractivity contribution in [2.24, 2.45) is 0 Å². The lowest BCUT2D eigenvalue weighted by Crippen LogP contribution is -2.30. The smallest absolute Gasteiger partial charge is 0.263 e. The molecule has 0 amide bonds. The maximum Gasteiger partial charge on any atom is 0.263 e. The van der Waals surface area contributed by atoms with Gasteiger partial charge in [0.15, 0.2) is 0 Å². The number of nitrogens with one attached hydrogen (secondary N) is 1. The number of hydrogen-bond donors (Lipinski definition) is 1. The number of aryl methyl sites for hydroxylation is 2. The average Bonchev–Trinajstić information content (AvgIpc) is 2.94. The van der Waals surface area contributed by atoms with Crippen LogP contribution in [0.1, 0.15) is 62.3 Å². The highest BCUT2D eigenvalue weighted by atomic mass is 32.1. The van der Waals surface area contributed by atoms with Crippen molar-refractivity contribution in [3.63, 3.8) is 0 Å². The van der Waals surface area contributed by atoms with Crippen LogP contribution in [-0.2, 0) is 19.4 Å². The molecule has 5 heteroatoms. The van der Waals surface area contributed by atoms with E-state index in [2.05, 4.69) is 5.32 Å². The van der Waals surface area contributed by atoms with E-state index in [0.717, 1.165) is 29.0 Å². The summed E-state index contributed by atoms with van der Waals surface area (Å²) in [5.74, 6) is 0.787. The van der Waals surface area contributed by atoms with E-state index in [9.17, 15) is 4.79 Å². The Morgan fingerprint density at radius 1 is 1.17 bits per heavy atom. The summed E-state index contributed by atoms with van der Waals surface area (Å²) in [7, 11) is 0. The molecule has 0 atom stereocenters. The third kappa shape index (κ3) is 2.69. The maximum atomic E-state index is 13.0. The molecule has 1 saturated carbocycles. The Morgan fingerprint density at radius 2 is 1.96 bits per heavy atom. The summed E-state index contributed by atoms with van der Waals surface area (Å²) in [5.41, 5.74) is 1.45. The van der Waals surface area contributed by atoms with Gasteiger partial charge in [0.2, 0.25) is 5.95 Å². The first kappa shape index (κ1) is 15.2. The van der Waals surface area contributed by atoms with Gasteiger partial charge in [-0.05, 0) is 51.0 Å². The van der Waals surface area contributed by atoms with Gasteiger partial charge < -0.3 is 5.32 Å². The Balaban J connectivity index is 1.79. The SMILES string of the molecule is CCn1c(NC2CCCCC2)nc2sc3c(c2c1=O)CCCC3. The van der Waals surface area contributed by atoms with E-state index in [1.165, 1.54) is 55.4 Å². The van der Waals surface area contributed by atoms with Gasteiger partial charge in [0, 0.05) is 17.5 Å². The molecule has 2 aromatic rings. The van der Waals surface area contributed by atoms with Gasteiger partial charge in [0.05, 0.1) is 5.39 Å². The Labute approximate surface area is 140 Å². The molecule has 0 bridgehead atoms. The van der Waals surface area contributed by atoms with Crippen LogP contribution in [0, 0.1) is 0 Å². The molecule has 2 aromatic heterocycles. The second-order valence-electron chi connectivity index (χ2n) is 6.86. The van der Waals surface area contributed by atoms with Crippen LogP contribution in [0.15, 0.2) is 4.79 Å². The maximum absolute atomic E-state index is 13.0. The van der Waals surface area contributed by atoms with Crippen molar-refractivity contribution in [1.82, 2.24) is 9.55 Å². The lowest BCUT2D eigenvalue weighted by atomic mass is 9.96. The third-order valence-electron chi connectivity index (χ3n) is 5.33. The predicted molar refractivity (Wildman–Crippen MR) is 96.7 cm³/mol. The molecule has 0 unspecified atom stereocenters. The topological polar surface area (TPSA) is 46.9 Å². The summed E-state index contributed by atoms with van der Waals surface area (Å²) in [6.07, 6.45) is 10.9. The van der Waals surface area contributed by atoms with Crippen molar-refractivity contribution in [2.75, 3.05) is 5.32 Å². The molecule has 4 rings (SSSR count). The van der Waals surface area contributed by atoms with E-state index in [1.807, 2.05) is 11.5 Å². The molecule has 0 aromatic carbocycles. The van der Waals surface area contributed by atoms with Gasteiger partial charge in [0.1, 0.15) is 4.83 Å². The van der Waals surface area contributed by atoms with E-state index >= 15 is 0 Å². The van der Waals surface area contributed by atoms with Crippen LogP contribution in [0.2, 0.25) is 0 Å². The zero-order valence-electron chi connectivity index (χ0n) is 13.9. The average molecular weight is 331 g/mol. The summed E-state index contributed by atoms with van der Waals surface area (Å²) < 4.78 is 1.85. The molecule has 0 radical (unpaired) electrons. The molecule has 124 valence electrons. The lowest BCUT2D eigenvalue weighted by molar-refractivity contribution is 0.458. The number of fused-ring (bicyclic) bond motifs is 3. The molecular weight excluding hydrogens is 306 g/mol. The lowest BCUT2D eigenvalue weighted by Gasteiger charge is -2.24. The predicted octanol–water partition coefficient (Wildman–Crippen LogP) is 4.10. The first-order valence-corrected chi connectivity index (χ1v) is 9.91. The minimum absolute atomic E-state index is 0.162. The summed E-state index contributed by atoms with van der Waals surface area (Å²) >= 11 is 1.74. The first-order chi connectivity index (χ1) is 11.3. The standard InChI is InChI=1S/C18H25N3OS/c1-2-21-17(22)15-13-10-6-7-11-14(13)23-16(15)20-18(21)19-12-8-4-3-5-9-12/h12H,2-11H2,1H3,(H,19,20). The summed E-state index contributed by atoms with van der Waals surface area (Å²) in [6, 6.07) is 0.473. The van der Waals surface area contributed by atoms with Crippen LogP contribution < -0.4 is 10.9 Å². The molecule has 2 aliphatic carbocycles. The Hall–Kier alpha value is -1.36. The number of rotatable bonds is 3. The van der Waals surface area contributed by atoms with Gasteiger partial charge in [-0.15, -0.1) is 11.3 Å². The van der Waals surface area contributed by atoms with Crippen molar-refractivity contribution in [3.05, 3.63) is 20.8 Å². The molecular formula is C18H25N3OS. The van der Waals surface area contributed by atoms with E-state index in [-0.39, 0.29) is 5.56 Å². The normalized spacial score (nSPS) is 19.0. The molecule has 1 N–H and O–H groups in total. The molecule has 2 aliphatic rings. The van der Waals surface area contributed by atoms with Crippen molar-refractivity contribution < 1.29 is 0 Å². The second-order valence-corrected chi connectivity index (χ2v) is 7.94. The van der Waals surface area contributed by atoms with Gasteiger partial charge >= 0.3 is 0 Å². The van der Waals surface area contributed by atoms with E-state index in [4.69, 9.17) is 4.98 Å². The van der Waals surface area contributed by atoms with Crippen molar-refractivity contribution >= 4 is 27.5 Å². The van der Waals surface area contributed by atoms with Gasteiger partial charge in [-0.1, -0.05) is 19.3 Å². The fraction of sp³-hybridized carbons (Fsp3) is 0.667. The minimum atomic E-state index is 0.162. The number of anilines is 1. The van der Waals surface area contributed by atoms with Crippen LogP contribution in [0.5, 0.6) is 0 Å². The minimum Gasteiger partial charge on any atom is -0.353 e. The molecule has 4 nitrogen and oxygen atoms in total. The largest absolute Gasteiger partial charge is 0.353 e. The van der Waals surface area contributed by atoms with E-state index < -0.39 is 0 Å². The fourth-order valence-corrected chi connectivity index (χ4v) is 5.32. The van der Waals surface area contributed by atoms with Gasteiger partial charge in [-0.2, -0.15) is 0 Å². The first-order valence-electron chi connectivity index (χ1n) is 9.09. The third-order valence-corrected chi connectivity index (χ3v) is 6.52. The molecule has 0 spiro atoms. The summed E-state index contributed by atoms with van der Waals surface area (Å²) in [5, 5.41) is 4.48. The molecule has 23 heavy (non-hydrogen) atoms. The molecule has 0 aliphatic heterocycles. The Kier molecular flexibility index (Phi) is 4.14. The van der Waals surface area contributed by atoms with Crippen molar-refractivity contribution in [1.29, 1.82) is 0 Å². The number of hydrogen-bond acceptors (Lipinski definition) is 4. The van der Waals surface area contributed by atoms with Gasteiger partial charge in [0.25, 0.3) is 5.56 Å². The Bertz CT molecular complexity index is 771. The van der Waals surface area contributed by atoms with Crippen LogP contribution in [0.3, 0.4) is 0 Å². The zero-order chi connectivity index (χ0) is 15.8. The number of nitrogens with zero attached hydrogens (tertiary/aromatic N) is 2. The fourth-order valence-electron chi connectivity index (χ4n) is 4.07. The zero-order valence-corrected chi connectivity index (χ0v) is 14.7. The van der Waals surface area contributed by atoms with Crippen LogP contribution in [0.25, 0.3) is 10.2 Å². The number of aromatic nitrogens is 2. The van der Waals surface area contributed by atoms with E-state index in [1.54, 1.807) is 11.3 Å². The van der Waals surface area contributed by atoms with Crippen LogP contribution >= 0.6 is 11.3 Å². The number of thiophene rings is 1. The van der Waals surface area contributed by atoms with Crippen molar-refractivity contribution in [2.45, 2.75) is 77.3 Å². The summed E-state index contributed by atoms with van der Waals surface area (Å²) in [4.78, 5) is 20.3. The Morgan fingerprint density at radius 3 is 2.74 bits per heavy atom. The van der Waals surface area contributed by atoms with E-state index in [0.29, 0.717) is 12.6 Å². The van der Waals surface area contributed by atoms with Crippen LogP contribution in [-0.4, -0.2) is 15.6 Å². The van der Waals surface area contributed by atoms with Gasteiger partial charge in [-0.3, -0.25) is 9.36 Å². The highest BCUT2D eigenvalue weighted by Gasteiger charge is 2.23. The highest BCUT2D eigenvalue weighted by Crippen LogP contribution is 2.34. The monoisotopic (exact) mass is 331 g/mol. The van der Waals surface area contributed by atoms with Gasteiger partial charge in [-0.25, -0.2) is 4.98 Å². The molecule has 0 saturated heterocycles. The summed E-state index contributed by atoms with van der Waals surface area (Å²) in [6.45, 7) is 2.72. The second kappa shape index (κ2) is 6.27. The molecule has 1 fully saturated rings. The van der Waals surface area contributed by atoms with Crippen molar-refractivity contribution in [3.8, 4) is 0 Å². The quantitative estimate of drug-likeness (QED) is 0.921.